The molecular weight excluding hydrogens is 124 g/mol. The van der Waals surface area contributed by atoms with Gasteiger partial charge in [0.15, 0.2) is 0 Å². The van der Waals surface area contributed by atoms with Crippen LogP contribution in [0, 0.1) is 5.41 Å². The highest BCUT2D eigenvalue weighted by atomic mass is 15.2. The fourth-order valence-corrected chi connectivity index (χ4v) is 1.83. The Hall–Kier alpha value is -0.0800. The van der Waals surface area contributed by atoms with E-state index >= 15 is 0 Å². The summed E-state index contributed by atoms with van der Waals surface area (Å²) >= 11 is 0. The van der Waals surface area contributed by atoms with Gasteiger partial charge in [-0.3, -0.25) is 11.3 Å². The van der Waals surface area contributed by atoms with Gasteiger partial charge in [-0.25, -0.2) is 0 Å². The van der Waals surface area contributed by atoms with E-state index in [4.69, 9.17) is 5.84 Å². The van der Waals surface area contributed by atoms with Gasteiger partial charge in [0.25, 0.3) is 0 Å². The van der Waals surface area contributed by atoms with Crippen molar-refractivity contribution in [1.29, 1.82) is 0 Å². The first kappa shape index (κ1) is 8.02. The summed E-state index contributed by atoms with van der Waals surface area (Å²) in [6.45, 7) is 3.30. The van der Waals surface area contributed by atoms with Crippen molar-refractivity contribution in [1.82, 2.24) is 5.43 Å². The minimum absolute atomic E-state index is 0.493. The molecule has 0 saturated heterocycles. The first-order chi connectivity index (χ1) is 4.77. The van der Waals surface area contributed by atoms with E-state index in [-0.39, 0.29) is 0 Å². The first-order valence-electron chi connectivity index (χ1n) is 4.20. The molecular formula is C8H18N2. The molecule has 0 aromatic heterocycles. The molecule has 1 aliphatic rings. The number of hydrazine groups is 1. The molecule has 1 fully saturated rings. The van der Waals surface area contributed by atoms with Crippen LogP contribution in [0.15, 0.2) is 0 Å². The Balaban J connectivity index is 2.32. The molecule has 2 nitrogen and oxygen atoms in total. The number of hydrogen-bond acceptors (Lipinski definition) is 2. The molecule has 0 bridgehead atoms. The van der Waals surface area contributed by atoms with Gasteiger partial charge in [-0.05, 0) is 18.3 Å². The lowest BCUT2D eigenvalue weighted by atomic mass is 9.76. The molecule has 0 aromatic rings. The van der Waals surface area contributed by atoms with Crippen molar-refractivity contribution in [2.24, 2.45) is 11.3 Å². The Labute approximate surface area is 63.1 Å². The number of nitrogens with one attached hydrogen (secondary N) is 1. The third kappa shape index (κ3) is 1.96. The van der Waals surface area contributed by atoms with Crippen molar-refractivity contribution < 1.29 is 0 Å². The first-order valence-corrected chi connectivity index (χ1v) is 4.20. The Morgan fingerprint density at radius 3 is 2.40 bits per heavy atom. The molecule has 0 aliphatic heterocycles. The highest BCUT2D eigenvalue weighted by Crippen LogP contribution is 2.34. The molecule has 0 unspecified atom stereocenters. The van der Waals surface area contributed by atoms with E-state index in [1.165, 1.54) is 32.1 Å². The lowest BCUT2D eigenvalue weighted by Crippen LogP contribution is -2.37. The van der Waals surface area contributed by atoms with E-state index in [0.717, 1.165) is 6.54 Å². The molecule has 0 atom stereocenters. The maximum atomic E-state index is 5.29. The second-order valence-electron chi connectivity index (χ2n) is 3.75. The van der Waals surface area contributed by atoms with Crippen LogP contribution in [0.3, 0.4) is 0 Å². The van der Waals surface area contributed by atoms with E-state index in [1.54, 1.807) is 0 Å². The fraction of sp³-hybridized carbons (Fsp3) is 1.00. The van der Waals surface area contributed by atoms with E-state index in [2.05, 4.69) is 12.3 Å². The minimum atomic E-state index is 0.493. The third-order valence-electron chi connectivity index (χ3n) is 2.59. The molecule has 1 saturated carbocycles. The zero-order valence-electron chi connectivity index (χ0n) is 6.82. The number of hydrogen-bond donors (Lipinski definition) is 2. The maximum absolute atomic E-state index is 5.29. The minimum Gasteiger partial charge on any atom is -0.271 e. The largest absolute Gasteiger partial charge is 0.271 e. The van der Waals surface area contributed by atoms with E-state index in [0.29, 0.717) is 5.41 Å². The van der Waals surface area contributed by atoms with E-state index in [1.807, 2.05) is 0 Å². The fourth-order valence-electron chi connectivity index (χ4n) is 1.83. The van der Waals surface area contributed by atoms with Crippen LogP contribution in [0.1, 0.15) is 39.0 Å². The molecule has 0 amide bonds. The molecule has 0 radical (unpaired) electrons. The van der Waals surface area contributed by atoms with Gasteiger partial charge in [-0.15, -0.1) is 0 Å². The smallest absolute Gasteiger partial charge is 0.0151 e. The summed E-state index contributed by atoms with van der Waals surface area (Å²) in [4.78, 5) is 0. The van der Waals surface area contributed by atoms with Crippen molar-refractivity contribution in [3.63, 3.8) is 0 Å². The third-order valence-corrected chi connectivity index (χ3v) is 2.59. The second-order valence-corrected chi connectivity index (χ2v) is 3.75. The number of rotatable bonds is 2. The molecule has 1 rings (SSSR count). The highest BCUT2D eigenvalue weighted by molar-refractivity contribution is 4.79. The Morgan fingerprint density at radius 2 is 1.90 bits per heavy atom. The van der Waals surface area contributed by atoms with Crippen molar-refractivity contribution in [3.05, 3.63) is 0 Å². The number of nitrogens with two attached hydrogens (primary N) is 1. The molecule has 1 aliphatic carbocycles. The SMILES string of the molecule is CC1(CNN)CCCCC1. The van der Waals surface area contributed by atoms with Crippen LogP contribution >= 0.6 is 0 Å². The van der Waals surface area contributed by atoms with Gasteiger partial charge in [-0.1, -0.05) is 26.2 Å². The topological polar surface area (TPSA) is 38.0 Å². The lowest BCUT2D eigenvalue weighted by Gasteiger charge is -2.32. The highest BCUT2D eigenvalue weighted by Gasteiger charge is 2.25. The van der Waals surface area contributed by atoms with Crippen molar-refractivity contribution >= 4 is 0 Å². The van der Waals surface area contributed by atoms with Gasteiger partial charge < -0.3 is 0 Å². The van der Waals surface area contributed by atoms with Crippen molar-refractivity contribution in [2.45, 2.75) is 39.0 Å². The Bertz CT molecular complexity index is 89.9. The van der Waals surface area contributed by atoms with Crippen LogP contribution in [-0.2, 0) is 0 Å². The molecule has 2 heteroatoms. The zero-order chi connectivity index (χ0) is 7.45. The predicted molar refractivity (Wildman–Crippen MR) is 43.4 cm³/mol. The summed E-state index contributed by atoms with van der Waals surface area (Å²) in [5.41, 5.74) is 3.27. The summed E-state index contributed by atoms with van der Waals surface area (Å²) in [6.07, 6.45) is 6.88. The van der Waals surface area contributed by atoms with Crippen molar-refractivity contribution in [3.8, 4) is 0 Å². The van der Waals surface area contributed by atoms with E-state index in [9.17, 15) is 0 Å². The van der Waals surface area contributed by atoms with Crippen molar-refractivity contribution in [2.75, 3.05) is 6.54 Å². The molecule has 0 heterocycles. The summed E-state index contributed by atoms with van der Waals surface area (Å²) in [5.74, 6) is 5.29. The van der Waals surface area contributed by atoms with Gasteiger partial charge in [0.2, 0.25) is 0 Å². The molecule has 10 heavy (non-hydrogen) atoms. The summed E-state index contributed by atoms with van der Waals surface area (Å²) in [5, 5.41) is 0. The van der Waals surface area contributed by atoms with Crippen LogP contribution in [0.5, 0.6) is 0 Å². The average Bonchev–Trinajstić information content (AvgIpc) is 1.89. The van der Waals surface area contributed by atoms with Crippen LogP contribution in [-0.4, -0.2) is 6.54 Å². The van der Waals surface area contributed by atoms with E-state index < -0.39 is 0 Å². The molecule has 60 valence electrons. The molecule has 3 N–H and O–H groups in total. The maximum Gasteiger partial charge on any atom is 0.0151 e. The second kappa shape index (κ2) is 3.35. The van der Waals surface area contributed by atoms with Crippen LogP contribution in [0.4, 0.5) is 0 Å². The zero-order valence-corrected chi connectivity index (χ0v) is 6.82. The quantitative estimate of drug-likeness (QED) is 0.452. The lowest BCUT2D eigenvalue weighted by molar-refractivity contribution is 0.209. The standard InChI is InChI=1S/C8H18N2/c1-8(7-10-9)5-3-2-4-6-8/h10H,2-7,9H2,1H3. The summed E-state index contributed by atoms with van der Waals surface area (Å²) < 4.78 is 0. The molecule has 0 aromatic carbocycles. The van der Waals surface area contributed by atoms with Crippen LogP contribution in [0.25, 0.3) is 0 Å². The van der Waals surface area contributed by atoms with Gasteiger partial charge >= 0.3 is 0 Å². The summed E-state index contributed by atoms with van der Waals surface area (Å²) in [7, 11) is 0. The summed E-state index contributed by atoms with van der Waals surface area (Å²) in [6, 6.07) is 0. The monoisotopic (exact) mass is 142 g/mol. The van der Waals surface area contributed by atoms with Gasteiger partial charge in [0.1, 0.15) is 0 Å². The Morgan fingerprint density at radius 1 is 1.30 bits per heavy atom. The van der Waals surface area contributed by atoms with Gasteiger partial charge in [0.05, 0.1) is 0 Å². The molecule has 0 spiro atoms. The normalized spacial score (nSPS) is 24.6. The average molecular weight is 142 g/mol. The van der Waals surface area contributed by atoms with Gasteiger partial charge in [0, 0.05) is 6.54 Å². The van der Waals surface area contributed by atoms with Crippen LogP contribution < -0.4 is 11.3 Å². The van der Waals surface area contributed by atoms with Gasteiger partial charge in [-0.2, -0.15) is 0 Å². The Kier molecular flexibility index (Phi) is 2.69. The predicted octanol–water partition coefficient (Wildman–Crippen LogP) is 1.42. The van der Waals surface area contributed by atoms with Crippen LogP contribution in [0.2, 0.25) is 0 Å².